The smallest absolute Gasteiger partial charge is 0.328 e. The van der Waals surface area contributed by atoms with Crippen LogP contribution in [0.15, 0.2) is 40.0 Å². The molecule has 0 fully saturated rings. The Bertz CT molecular complexity index is 539. The molecule has 0 aliphatic rings. The minimum absolute atomic E-state index is 0.0642. The van der Waals surface area contributed by atoms with Gasteiger partial charge in [-0.1, -0.05) is 6.92 Å². The maximum atomic E-state index is 11.9. The van der Waals surface area contributed by atoms with Crippen molar-refractivity contribution in [3.05, 3.63) is 47.0 Å². The van der Waals surface area contributed by atoms with E-state index in [1.165, 1.54) is 0 Å². The monoisotopic (exact) mass is 263 g/mol. The molecule has 1 N–H and O–H groups in total. The summed E-state index contributed by atoms with van der Waals surface area (Å²) in [5.41, 5.74) is 0.0642. The lowest BCUT2D eigenvalue weighted by Gasteiger charge is -2.11. The number of imidazole rings is 1. The van der Waals surface area contributed by atoms with Gasteiger partial charge in [0.2, 0.25) is 0 Å². The van der Waals surface area contributed by atoms with Crippen molar-refractivity contribution in [1.29, 1.82) is 0 Å². The molecule has 2 aromatic heterocycles. The van der Waals surface area contributed by atoms with Gasteiger partial charge in [-0.15, -0.1) is 0 Å². The van der Waals surface area contributed by atoms with E-state index in [0.717, 1.165) is 25.3 Å². The van der Waals surface area contributed by atoms with Crippen molar-refractivity contribution < 1.29 is 4.42 Å². The molecule has 0 aliphatic carbocycles. The van der Waals surface area contributed by atoms with Crippen LogP contribution in [0, 0.1) is 0 Å². The number of hydrogen-bond acceptors (Lipinski definition) is 3. The van der Waals surface area contributed by atoms with Crippen LogP contribution in [-0.4, -0.2) is 15.7 Å². The average Bonchev–Trinajstić information content (AvgIpc) is 3.03. The fraction of sp³-hybridized carbons (Fsp3) is 0.500. The van der Waals surface area contributed by atoms with Crippen molar-refractivity contribution >= 4 is 0 Å². The zero-order valence-corrected chi connectivity index (χ0v) is 11.5. The molecule has 0 radical (unpaired) electrons. The summed E-state index contributed by atoms with van der Waals surface area (Å²) in [4.78, 5) is 11.9. The first-order valence-electron chi connectivity index (χ1n) is 6.74. The highest BCUT2D eigenvalue weighted by Crippen LogP contribution is 2.11. The number of nitrogens with zero attached hydrogens (tertiary/aromatic N) is 2. The zero-order chi connectivity index (χ0) is 13.7. The second-order valence-corrected chi connectivity index (χ2v) is 4.66. The lowest BCUT2D eigenvalue weighted by molar-refractivity contribution is 0.421. The topological polar surface area (TPSA) is 52.1 Å². The second-order valence-electron chi connectivity index (χ2n) is 4.66. The van der Waals surface area contributed by atoms with Crippen LogP contribution in [0.2, 0.25) is 0 Å². The summed E-state index contributed by atoms with van der Waals surface area (Å²) in [5, 5.41) is 3.34. The van der Waals surface area contributed by atoms with Crippen LogP contribution in [0.3, 0.4) is 0 Å². The van der Waals surface area contributed by atoms with Crippen LogP contribution in [0.5, 0.6) is 0 Å². The molecule has 2 rings (SSSR count). The van der Waals surface area contributed by atoms with Crippen LogP contribution in [0.1, 0.15) is 32.1 Å². The van der Waals surface area contributed by atoms with Crippen molar-refractivity contribution in [2.45, 2.75) is 39.4 Å². The van der Waals surface area contributed by atoms with Gasteiger partial charge in [0.1, 0.15) is 5.76 Å². The van der Waals surface area contributed by atoms with Crippen molar-refractivity contribution in [3.63, 3.8) is 0 Å². The zero-order valence-electron chi connectivity index (χ0n) is 11.5. The molecule has 2 heterocycles. The van der Waals surface area contributed by atoms with E-state index < -0.39 is 0 Å². The van der Waals surface area contributed by atoms with E-state index in [4.69, 9.17) is 4.42 Å². The number of aromatic nitrogens is 2. The first-order chi connectivity index (χ1) is 9.22. The molecule has 0 amide bonds. The van der Waals surface area contributed by atoms with E-state index in [0.29, 0.717) is 6.54 Å². The molecule has 0 saturated heterocycles. The third kappa shape index (κ3) is 3.38. The Labute approximate surface area is 112 Å². The first kappa shape index (κ1) is 13.7. The van der Waals surface area contributed by atoms with Gasteiger partial charge in [0.15, 0.2) is 0 Å². The van der Waals surface area contributed by atoms with E-state index in [1.54, 1.807) is 15.4 Å². The molecule has 2 aromatic rings. The number of aryl methyl sites for hydroxylation is 1. The Morgan fingerprint density at radius 2 is 2.05 bits per heavy atom. The molecule has 5 nitrogen and oxygen atoms in total. The van der Waals surface area contributed by atoms with Gasteiger partial charge in [-0.05, 0) is 25.5 Å². The molecule has 0 aliphatic heterocycles. The van der Waals surface area contributed by atoms with Gasteiger partial charge in [-0.25, -0.2) is 4.79 Å². The van der Waals surface area contributed by atoms with E-state index in [2.05, 4.69) is 12.2 Å². The fourth-order valence-electron chi connectivity index (χ4n) is 2.07. The summed E-state index contributed by atoms with van der Waals surface area (Å²) in [6.07, 6.45) is 6.33. The summed E-state index contributed by atoms with van der Waals surface area (Å²) in [5.74, 6) is 0.913. The summed E-state index contributed by atoms with van der Waals surface area (Å²) in [7, 11) is 0. The Morgan fingerprint density at radius 1 is 1.32 bits per heavy atom. The standard InChI is InChI=1S/C14H21N3O2/c1-3-7-16-9-10-17(14(16)18)8-6-15-12(2)13-5-4-11-19-13/h4-5,9-12,15H,3,6-8H2,1-2H3. The molecule has 0 saturated carbocycles. The third-order valence-electron chi connectivity index (χ3n) is 3.16. The normalized spacial score (nSPS) is 12.7. The van der Waals surface area contributed by atoms with Gasteiger partial charge in [0.05, 0.1) is 12.3 Å². The summed E-state index contributed by atoms with van der Waals surface area (Å²) in [6, 6.07) is 3.98. The number of rotatable bonds is 7. The minimum atomic E-state index is 0.0642. The minimum Gasteiger partial charge on any atom is -0.468 e. The highest BCUT2D eigenvalue weighted by molar-refractivity contribution is 5.02. The van der Waals surface area contributed by atoms with Gasteiger partial charge in [0.25, 0.3) is 0 Å². The number of nitrogens with one attached hydrogen (secondary N) is 1. The van der Waals surface area contributed by atoms with Crippen molar-refractivity contribution in [3.8, 4) is 0 Å². The number of furan rings is 1. The highest BCUT2D eigenvalue weighted by atomic mass is 16.3. The Balaban J connectivity index is 1.84. The largest absolute Gasteiger partial charge is 0.468 e. The molecule has 5 heteroatoms. The summed E-state index contributed by atoms with van der Waals surface area (Å²) < 4.78 is 8.80. The van der Waals surface area contributed by atoms with Gasteiger partial charge in [-0.3, -0.25) is 9.13 Å². The van der Waals surface area contributed by atoms with Crippen molar-refractivity contribution in [2.24, 2.45) is 0 Å². The first-order valence-corrected chi connectivity index (χ1v) is 6.74. The average molecular weight is 263 g/mol. The quantitative estimate of drug-likeness (QED) is 0.831. The highest BCUT2D eigenvalue weighted by Gasteiger charge is 2.07. The van der Waals surface area contributed by atoms with Crippen LogP contribution in [0.4, 0.5) is 0 Å². The van der Waals surface area contributed by atoms with Gasteiger partial charge >= 0.3 is 5.69 Å². The molecule has 1 atom stereocenters. The molecule has 1 unspecified atom stereocenters. The molecule has 0 spiro atoms. The van der Waals surface area contributed by atoms with E-state index >= 15 is 0 Å². The molecule has 0 aromatic carbocycles. The van der Waals surface area contributed by atoms with Gasteiger partial charge in [-0.2, -0.15) is 0 Å². The van der Waals surface area contributed by atoms with E-state index in [1.807, 2.05) is 31.5 Å². The Kier molecular flexibility index (Phi) is 4.63. The molecule has 0 bridgehead atoms. The summed E-state index contributed by atoms with van der Waals surface area (Å²) >= 11 is 0. The fourth-order valence-corrected chi connectivity index (χ4v) is 2.07. The van der Waals surface area contributed by atoms with Gasteiger partial charge < -0.3 is 9.73 Å². The third-order valence-corrected chi connectivity index (χ3v) is 3.16. The molecule has 104 valence electrons. The Morgan fingerprint density at radius 3 is 2.68 bits per heavy atom. The van der Waals surface area contributed by atoms with E-state index in [-0.39, 0.29) is 11.7 Å². The van der Waals surface area contributed by atoms with Crippen LogP contribution in [0.25, 0.3) is 0 Å². The van der Waals surface area contributed by atoms with Crippen molar-refractivity contribution in [1.82, 2.24) is 14.5 Å². The van der Waals surface area contributed by atoms with Crippen LogP contribution in [-0.2, 0) is 13.1 Å². The van der Waals surface area contributed by atoms with E-state index in [9.17, 15) is 4.79 Å². The number of hydrogen-bond donors (Lipinski definition) is 1. The van der Waals surface area contributed by atoms with Crippen LogP contribution >= 0.6 is 0 Å². The SMILES string of the molecule is CCCn1ccn(CCNC(C)c2ccco2)c1=O. The molecular formula is C14H21N3O2. The summed E-state index contributed by atoms with van der Waals surface area (Å²) in [6.45, 7) is 6.29. The maximum absolute atomic E-state index is 11.9. The molecular weight excluding hydrogens is 242 g/mol. The molecule has 19 heavy (non-hydrogen) atoms. The maximum Gasteiger partial charge on any atom is 0.328 e. The van der Waals surface area contributed by atoms with Crippen molar-refractivity contribution in [2.75, 3.05) is 6.54 Å². The lowest BCUT2D eigenvalue weighted by atomic mass is 10.2. The van der Waals surface area contributed by atoms with Gasteiger partial charge in [0, 0.05) is 32.0 Å². The predicted molar refractivity (Wildman–Crippen MR) is 74.1 cm³/mol. The predicted octanol–water partition coefficient (Wildman–Crippen LogP) is 2.00. The lowest BCUT2D eigenvalue weighted by Crippen LogP contribution is -2.29. The van der Waals surface area contributed by atoms with Crippen LogP contribution < -0.4 is 11.0 Å². The Hall–Kier alpha value is -1.75. The second kappa shape index (κ2) is 6.43.